The van der Waals surface area contributed by atoms with Crippen molar-refractivity contribution in [3.63, 3.8) is 0 Å². The molecule has 1 aromatic heterocycles. The van der Waals surface area contributed by atoms with E-state index < -0.39 is 0 Å². The van der Waals surface area contributed by atoms with Crippen LogP contribution in [0.4, 0.5) is 5.82 Å². The molecule has 1 atom stereocenters. The number of anilines is 1. The second kappa shape index (κ2) is 9.77. The molecule has 12 nitrogen and oxygen atoms in total. The number of hydroxylamine groups is 2. The van der Waals surface area contributed by atoms with E-state index in [2.05, 4.69) is 15.6 Å². The number of rotatable bonds is 7. The van der Waals surface area contributed by atoms with Gasteiger partial charge in [0.25, 0.3) is 5.56 Å². The summed E-state index contributed by atoms with van der Waals surface area (Å²) in [5, 5.41) is 14.6. The molecule has 3 heterocycles. The molecule has 4 rings (SSSR count). The predicted octanol–water partition coefficient (Wildman–Crippen LogP) is -0.0494. The van der Waals surface area contributed by atoms with Crippen LogP contribution in [0.1, 0.15) is 17.7 Å². The quantitative estimate of drug-likeness (QED) is 0.330. The van der Waals surface area contributed by atoms with Crippen molar-refractivity contribution in [1.82, 2.24) is 19.9 Å². The van der Waals surface area contributed by atoms with Gasteiger partial charge in [-0.3, -0.25) is 24.4 Å². The largest absolute Gasteiger partial charge is 0.454 e. The summed E-state index contributed by atoms with van der Waals surface area (Å²) in [6.45, 7) is 2.93. The fourth-order valence-electron chi connectivity index (χ4n) is 3.63. The van der Waals surface area contributed by atoms with E-state index in [-0.39, 0.29) is 49.2 Å². The van der Waals surface area contributed by atoms with Gasteiger partial charge in [-0.25, -0.2) is 10.0 Å². The summed E-state index contributed by atoms with van der Waals surface area (Å²) in [5.41, 5.74) is 6.65. The van der Waals surface area contributed by atoms with E-state index in [0.717, 1.165) is 11.3 Å². The Morgan fingerprint density at radius 3 is 2.91 bits per heavy atom. The minimum Gasteiger partial charge on any atom is -0.454 e. The molecule has 1 saturated heterocycles. The first-order valence-corrected chi connectivity index (χ1v) is 10.6. The molecule has 0 radical (unpaired) electrons. The summed E-state index contributed by atoms with van der Waals surface area (Å²) in [6, 6.07) is 5.51. The highest BCUT2D eigenvalue weighted by molar-refractivity contribution is 5.76. The number of nitrogens with one attached hydrogen (secondary N) is 3. The average Bonchev–Trinajstić information content (AvgIpc) is 3.26. The molecule has 2 aliphatic rings. The number of aryl methyl sites for hydroxylation is 1. The zero-order valence-corrected chi connectivity index (χ0v) is 18.3. The molecule has 12 heteroatoms. The molecule has 0 bridgehead atoms. The summed E-state index contributed by atoms with van der Waals surface area (Å²) >= 11 is 0. The Labute approximate surface area is 190 Å². The summed E-state index contributed by atoms with van der Waals surface area (Å²) < 4.78 is 12.1. The SMILES string of the molecule is Cc1cnc(NCCc2ccc3c(c2)OCO3)c(=O)n1CC(=O)NC1CCN(C(=N)N)OC1. The summed E-state index contributed by atoms with van der Waals surface area (Å²) in [4.78, 5) is 35.0. The first-order valence-electron chi connectivity index (χ1n) is 10.6. The second-order valence-electron chi connectivity index (χ2n) is 7.84. The van der Waals surface area contributed by atoms with Crippen molar-refractivity contribution in [2.24, 2.45) is 5.73 Å². The van der Waals surface area contributed by atoms with Crippen LogP contribution in [0.15, 0.2) is 29.2 Å². The standard InChI is InChI=1S/C21H27N7O5/c1-13-9-25-19(24-6-4-14-2-3-16-17(8-14)32-12-31-16)20(30)27(13)10-18(29)26-15-5-7-28(21(22)23)33-11-15/h2-3,8-9,15H,4-7,10-12H2,1H3,(H3,22,23)(H,24,25)(H,26,29). The first-order chi connectivity index (χ1) is 15.9. The molecule has 1 fully saturated rings. The number of nitrogens with two attached hydrogens (primary N) is 1. The molecule has 2 aromatic rings. The Bertz CT molecular complexity index is 1090. The van der Waals surface area contributed by atoms with Crippen molar-refractivity contribution in [1.29, 1.82) is 5.41 Å². The van der Waals surface area contributed by atoms with Gasteiger partial charge in [-0.15, -0.1) is 0 Å². The number of benzene rings is 1. The van der Waals surface area contributed by atoms with Gasteiger partial charge in [-0.05, 0) is 37.5 Å². The Morgan fingerprint density at radius 1 is 1.33 bits per heavy atom. The van der Waals surface area contributed by atoms with Crippen molar-refractivity contribution in [3.05, 3.63) is 46.0 Å². The molecule has 176 valence electrons. The summed E-state index contributed by atoms with van der Waals surface area (Å²) in [7, 11) is 0. The molecule has 0 aliphatic carbocycles. The van der Waals surface area contributed by atoms with E-state index in [1.807, 2.05) is 18.2 Å². The number of hydrogen-bond donors (Lipinski definition) is 4. The highest BCUT2D eigenvalue weighted by Crippen LogP contribution is 2.32. The smallest absolute Gasteiger partial charge is 0.293 e. The van der Waals surface area contributed by atoms with Crippen molar-refractivity contribution >= 4 is 17.7 Å². The van der Waals surface area contributed by atoms with Gasteiger partial charge in [0.05, 0.1) is 19.2 Å². The molecule has 33 heavy (non-hydrogen) atoms. The van der Waals surface area contributed by atoms with Crippen LogP contribution in [0.2, 0.25) is 0 Å². The third kappa shape index (κ3) is 5.34. The van der Waals surface area contributed by atoms with Crippen LogP contribution in [0.25, 0.3) is 0 Å². The highest BCUT2D eigenvalue weighted by Gasteiger charge is 2.23. The zero-order valence-electron chi connectivity index (χ0n) is 18.3. The lowest BCUT2D eigenvalue weighted by molar-refractivity contribution is -0.143. The molecule has 5 N–H and O–H groups in total. The number of aromatic nitrogens is 2. The van der Waals surface area contributed by atoms with Gasteiger partial charge in [0, 0.05) is 18.4 Å². The minimum atomic E-state index is -0.363. The average molecular weight is 457 g/mol. The predicted molar refractivity (Wildman–Crippen MR) is 119 cm³/mol. The molecule has 0 spiro atoms. The van der Waals surface area contributed by atoms with E-state index in [1.165, 1.54) is 9.63 Å². The zero-order chi connectivity index (χ0) is 23.4. The molecular weight excluding hydrogens is 430 g/mol. The molecule has 1 amide bonds. The molecule has 2 aliphatic heterocycles. The van der Waals surface area contributed by atoms with Crippen molar-refractivity contribution in [3.8, 4) is 11.5 Å². The van der Waals surface area contributed by atoms with Crippen LogP contribution in [-0.2, 0) is 22.6 Å². The van der Waals surface area contributed by atoms with Crippen LogP contribution >= 0.6 is 0 Å². The second-order valence-corrected chi connectivity index (χ2v) is 7.84. The number of carbonyl (C=O) groups is 1. The summed E-state index contributed by atoms with van der Waals surface area (Å²) in [6.07, 6.45) is 2.80. The van der Waals surface area contributed by atoms with E-state index in [4.69, 9.17) is 25.5 Å². The first kappa shape index (κ1) is 22.4. The molecule has 0 saturated carbocycles. The van der Waals surface area contributed by atoms with Crippen LogP contribution in [0.5, 0.6) is 11.5 Å². The lowest BCUT2D eigenvalue weighted by Crippen LogP contribution is -2.50. The van der Waals surface area contributed by atoms with Crippen LogP contribution < -0.4 is 31.4 Å². The Hall–Kier alpha value is -3.80. The van der Waals surface area contributed by atoms with Gasteiger partial charge in [0.2, 0.25) is 18.7 Å². The Balaban J connectivity index is 1.32. The van der Waals surface area contributed by atoms with E-state index in [0.29, 0.717) is 37.4 Å². The normalized spacial score (nSPS) is 17.0. The van der Waals surface area contributed by atoms with Crippen LogP contribution in [0.3, 0.4) is 0 Å². The maximum absolute atomic E-state index is 12.9. The topological polar surface area (TPSA) is 157 Å². The summed E-state index contributed by atoms with van der Waals surface area (Å²) in [5.74, 6) is 1.16. The van der Waals surface area contributed by atoms with Gasteiger partial charge < -0.3 is 25.8 Å². The van der Waals surface area contributed by atoms with Gasteiger partial charge in [0.1, 0.15) is 6.54 Å². The van der Waals surface area contributed by atoms with Crippen molar-refractivity contribution in [2.75, 3.05) is 31.8 Å². The van der Waals surface area contributed by atoms with Crippen LogP contribution in [-0.4, -0.2) is 59.0 Å². The molecule has 1 unspecified atom stereocenters. The minimum absolute atomic E-state index is 0.128. The van der Waals surface area contributed by atoms with E-state index in [1.54, 1.807) is 13.1 Å². The fourth-order valence-corrected chi connectivity index (χ4v) is 3.63. The van der Waals surface area contributed by atoms with Gasteiger partial charge in [-0.2, -0.15) is 0 Å². The van der Waals surface area contributed by atoms with Crippen molar-refractivity contribution < 1.29 is 19.1 Å². The molecular formula is C21H27N7O5. The number of hydrogen-bond acceptors (Lipinski definition) is 8. The van der Waals surface area contributed by atoms with Crippen LogP contribution in [0, 0.1) is 12.3 Å². The molecule has 1 aromatic carbocycles. The van der Waals surface area contributed by atoms with E-state index >= 15 is 0 Å². The number of nitrogens with zero attached hydrogens (tertiary/aromatic N) is 3. The van der Waals surface area contributed by atoms with E-state index in [9.17, 15) is 9.59 Å². The number of guanidine groups is 1. The maximum atomic E-state index is 12.9. The number of carbonyl (C=O) groups excluding carboxylic acids is 1. The van der Waals surface area contributed by atoms with Gasteiger partial charge in [-0.1, -0.05) is 6.07 Å². The number of amides is 1. The Kier molecular flexibility index (Phi) is 6.63. The third-order valence-electron chi connectivity index (χ3n) is 5.44. The number of ether oxygens (including phenoxy) is 2. The maximum Gasteiger partial charge on any atom is 0.293 e. The van der Waals surface area contributed by atoms with Gasteiger partial charge >= 0.3 is 0 Å². The fraction of sp³-hybridized carbons (Fsp3) is 0.429. The lowest BCUT2D eigenvalue weighted by atomic mass is 10.1. The highest BCUT2D eigenvalue weighted by atomic mass is 16.7. The third-order valence-corrected chi connectivity index (χ3v) is 5.44. The number of fused-ring (bicyclic) bond motifs is 1. The van der Waals surface area contributed by atoms with Gasteiger partial charge in [0.15, 0.2) is 17.3 Å². The lowest BCUT2D eigenvalue weighted by Gasteiger charge is -2.31. The monoisotopic (exact) mass is 457 g/mol. The Morgan fingerprint density at radius 2 is 2.15 bits per heavy atom. The van der Waals surface area contributed by atoms with Crippen molar-refractivity contribution in [2.45, 2.75) is 32.4 Å².